The van der Waals surface area contributed by atoms with Crippen LogP contribution in [-0.4, -0.2) is 30.9 Å². The average Bonchev–Trinajstić information content (AvgIpc) is 2.61. The fourth-order valence-electron chi connectivity index (χ4n) is 1.29. The number of amides is 1. The summed E-state index contributed by atoms with van der Waals surface area (Å²) in [6.07, 6.45) is 0. The van der Waals surface area contributed by atoms with E-state index < -0.39 is 0 Å². The van der Waals surface area contributed by atoms with Gasteiger partial charge in [-0.3, -0.25) is 9.69 Å². The van der Waals surface area contributed by atoms with Crippen LogP contribution in [0.25, 0.3) is 0 Å². The predicted molar refractivity (Wildman–Crippen MR) is 65.8 cm³/mol. The number of carbonyl (C=O) groups excluding carboxylic acids is 1. The SMILES string of the molecule is CN(CC(N)=O)Cc1sccc1C#CCN. The minimum Gasteiger partial charge on any atom is -0.369 e. The molecule has 1 aromatic rings. The standard InChI is InChI=1S/C11H15N3OS/c1-14(8-11(13)15)7-10-9(3-2-5-12)4-6-16-10/h4,6H,5,7-8,12H2,1H3,(H2,13,15). The van der Waals surface area contributed by atoms with Crippen molar-refractivity contribution in [3.05, 3.63) is 21.9 Å². The van der Waals surface area contributed by atoms with Gasteiger partial charge in [-0.25, -0.2) is 0 Å². The van der Waals surface area contributed by atoms with E-state index >= 15 is 0 Å². The summed E-state index contributed by atoms with van der Waals surface area (Å²) >= 11 is 1.62. The average molecular weight is 237 g/mol. The molecule has 0 unspecified atom stereocenters. The Balaban J connectivity index is 2.66. The molecule has 16 heavy (non-hydrogen) atoms. The van der Waals surface area contributed by atoms with Crippen LogP contribution in [-0.2, 0) is 11.3 Å². The topological polar surface area (TPSA) is 72.3 Å². The summed E-state index contributed by atoms with van der Waals surface area (Å²) in [6, 6.07) is 1.96. The number of hydrogen-bond donors (Lipinski definition) is 2. The first-order chi connectivity index (χ1) is 7.63. The van der Waals surface area contributed by atoms with Crippen LogP contribution in [0.2, 0.25) is 0 Å². The lowest BCUT2D eigenvalue weighted by atomic mass is 10.2. The van der Waals surface area contributed by atoms with Crippen LogP contribution in [0.3, 0.4) is 0 Å². The number of nitrogens with zero attached hydrogens (tertiary/aromatic N) is 1. The Morgan fingerprint density at radius 1 is 1.62 bits per heavy atom. The highest BCUT2D eigenvalue weighted by Gasteiger charge is 2.07. The van der Waals surface area contributed by atoms with Gasteiger partial charge >= 0.3 is 0 Å². The van der Waals surface area contributed by atoms with Crippen molar-refractivity contribution in [1.82, 2.24) is 4.90 Å². The van der Waals surface area contributed by atoms with Crippen LogP contribution >= 0.6 is 11.3 Å². The smallest absolute Gasteiger partial charge is 0.231 e. The summed E-state index contributed by atoms with van der Waals surface area (Å²) in [6.45, 7) is 1.28. The largest absolute Gasteiger partial charge is 0.369 e. The number of thiophene rings is 1. The molecule has 0 aliphatic rings. The second-order valence-electron chi connectivity index (χ2n) is 3.40. The quantitative estimate of drug-likeness (QED) is 0.723. The van der Waals surface area contributed by atoms with Crippen molar-refractivity contribution < 1.29 is 4.79 Å². The molecule has 1 heterocycles. The van der Waals surface area contributed by atoms with Crippen molar-refractivity contribution in [2.24, 2.45) is 11.5 Å². The normalized spacial score (nSPS) is 9.94. The minimum atomic E-state index is -0.325. The lowest BCUT2D eigenvalue weighted by Gasteiger charge is -2.13. The van der Waals surface area contributed by atoms with E-state index in [4.69, 9.17) is 11.5 Å². The zero-order chi connectivity index (χ0) is 12.0. The summed E-state index contributed by atoms with van der Waals surface area (Å²) in [4.78, 5) is 13.7. The van der Waals surface area contributed by atoms with E-state index in [0.717, 1.165) is 10.4 Å². The van der Waals surface area contributed by atoms with E-state index in [1.807, 2.05) is 23.4 Å². The van der Waals surface area contributed by atoms with Crippen molar-refractivity contribution in [2.75, 3.05) is 20.1 Å². The van der Waals surface area contributed by atoms with Gasteiger partial charge in [0.15, 0.2) is 0 Å². The van der Waals surface area contributed by atoms with Gasteiger partial charge in [-0.15, -0.1) is 11.3 Å². The maximum absolute atomic E-state index is 10.7. The van der Waals surface area contributed by atoms with Gasteiger partial charge in [-0.05, 0) is 18.5 Å². The summed E-state index contributed by atoms with van der Waals surface area (Å²) < 4.78 is 0. The molecule has 1 rings (SSSR count). The summed E-state index contributed by atoms with van der Waals surface area (Å²) in [5, 5.41) is 1.98. The third-order valence-electron chi connectivity index (χ3n) is 1.91. The van der Waals surface area contributed by atoms with Crippen molar-refractivity contribution in [3.63, 3.8) is 0 Å². The Hall–Kier alpha value is -1.35. The summed E-state index contributed by atoms with van der Waals surface area (Å²) in [7, 11) is 1.85. The molecule has 0 aliphatic carbocycles. The van der Waals surface area contributed by atoms with Crippen LogP contribution in [0.4, 0.5) is 0 Å². The second-order valence-corrected chi connectivity index (χ2v) is 4.40. The number of likely N-dealkylation sites (N-methyl/N-ethyl adjacent to an activating group) is 1. The molecule has 4 nitrogen and oxygen atoms in total. The fourth-order valence-corrected chi connectivity index (χ4v) is 2.20. The lowest BCUT2D eigenvalue weighted by molar-refractivity contribution is -0.118. The number of primary amides is 1. The number of nitrogens with two attached hydrogens (primary N) is 2. The summed E-state index contributed by atoms with van der Waals surface area (Å²) in [5.74, 6) is 5.50. The number of rotatable bonds is 4. The zero-order valence-electron chi connectivity index (χ0n) is 9.19. The van der Waals surface area contributed by atoms with Crippen molar-refractivity contribution in [3.8, 4) is 11.8 Å². The Kier molecular flexibility index (Phi) is 4.99. The molecule has 5 heteroatoms. The Morgan fingerprint density at radius 3 is 3.00 bits per heavy atom. The van der Waals surface area contributed by atoms with Gasteiger partial charge < -0.3 is 11.5 Å². The minimum absolute atomic E-state index is 0.252. The van der Waals surface area contributed by atoms with Gasteiger partial charge in [0.05, 0.1) is 13.1 Å². The van der Waals surface area contributed by atoms with Crippen molar-refractivity contribution >= 4 is 17.2 Å². The molecule has 86 valence electrons. The van der Waals surface area contributed by atoms with Crippen LogP contribution < -0.4 is 11.5 Å². The first-order valence-corrected chi connectivity index (χ1v) is 5.73. The zero-order valence-corrected chi connectivity index (χ0v) is 10.0. The Morgan fingerprint density at radius 2 is 2.38 bits per heavy atom. The number of carbonyl (C=O) groups is 1. The van der Waals surface area contributed by atoms with Crippen LogP contribution in [0.15, 0.2) is 11.4 Å². The van der Waals surface area contributed by atoms with E-state index in [-0.39, 0.29) is 12.5 Å². The van der Waals surface area contributed by atoms with Crippen molar-refractivity contribution in [2.45, 2.75) is 6.54 Å². The molecule has 1 aromatic heterocycles. The van der Waals surface area contributed by atoms with Gasteiger partial charge in [0.2, 0.25) is 5.91 Å². The highest BCUT2D eigenvalue weighted by atomic mass is 32.1. The van der Waals surface area contributed by atoms with Gasteiger partial charge in [0.25, 0.3) is 0 Å². The summed E-state index contributed by atoms with van der Waals surface area (Å²) in [5.41, 5.74) is 11.4. The monoisotopic (exact) mass is 237 g/mol. The van der Waals surface area contributed by atoms with Gasteiger partial charge in [0.1, 0.15) is 0 Å². The van der Waals surface area contributed by atoms with Gasteiger partial charge in [-0.1, -0.05) is 11.8 Å². The lowest BCUT2D eigenvalue weighted by Crippen LogP contribution is -2.30. The third kappa shape index (κ3) is 4.03. The fraction of sp³-hybridized carbons (Fsp3) is 0.364. The molecule has 0 aromatic carbocycles. The predicted octanol–water partition coefficient (Wildman–Crippen LogP) is -0.0246. The highest BCUT2D eigenvalue weighted by Crippen LogP contribution is 2.17. The van der Waals surface area contributed by atoms with E-state index in [1.54, 1.807) is 11.3 Å². The molecular weight excluding hydrogens is 222 g/mol. The molecule has 0 radical (unpaired) electrons. The second kappa shape index (κ2) is 6.28. The Bertz CT molecular complexity index is 416. The molecule has 1 amide bonds. The molecule has 0 saturated carbocycles. The van der Waals surface area contributed by atoms with Gasteiger partial charge in [0, 0.05) is 17.0 Å². The third-order valence-corrected chi connectivity index (χ3v) is 2.82. The first-order valence-electron chi connectivity index (χ1n) is 4.85. The van der Waals surface area contributed by atoms with Crippen LogP contribution in [0.5, 0.6) is 0 Å². The van der Waals surface area contributed by atoms with Crippen molar-refractivity contribution in [1.29, 1.82) is 0 Å². The maximum atomic E-state index is 10.7. The molecule has 0 atom stereocenters. The molecule has 0 fully saturated rings. The van der Waals surface area contributed by atoms with Gasteiger partial charge in [-0.2, -0.15) is 0 Å². The molecule has 0 bridgehead atoms. The molecule has 0 spiro atoms. The highest BCUT2D eigenvalue weighted by molar-refractivity contribution is 7.10. The van der Waals surface area contributed by atoms with Crippen LogP contribution in [0, 0.1) is 11.8 Å². The molecule has 0 saturated heterocycles. The first kappa shape index (κ1) is 12.7. The van der Waals surface area contributed by atoms with E-state index in [0.29, 0.717) is 13.1 Å². The molecule has 4 N–H and O–H groups in total. The van der Waals surface area contributed by atoms with E-state index in [9.17, 15) is 4.79 Å². The number of hydrogen-bond acceptors (Lipinski definition) is 4. The molecule has 0 aliphatic heterocycles. The maximum Gasteiger partial charge on any atom is 0.231 e. The Labute approximate surface area is 99.2 Å². The van der Waals surface area contributed by atoms with Crippen LogP contribution in [0.1, 0.15) is 10.4 Å². The van der Waals surface area contributed by atoms with E-state index in [1.165, 1.54) is 0 Å². The van der Waals surface area contributed by atoms with E-state index in [2.05, 4.69) is 11.8 Å². The molecular formula is C11H15N3OS.